The number of nitrogens with one attached hydrogen (secondary N) is 1. The maximum absolute atomic E-state index is 11.8. The van der Waals surface area contributed by atoms with Crippen molar-refractivity contribution in [2.45, 2.75) is 6.92 Å². The molecule has 0 saturated carbocycles. The zero-order chi connectivity index (χ0) is 13.5. The smallest absolute Gasteiger partial charge is 0.337 e. The number of likely N-dealkylation sites (N-methyl/N-ethyl adjacent to an activating group) is 1. The Morgan fingerprint density at radius 2 is 2.28 bits per heavy atom. The Kier molecular flexibility index (Phi) is 4.86. The lowest BCUT2D eigenvalue weighted by molar-refractivity contribution is 0.0696. The van der Waals surface area contributed by atoms with Crippen LogP contribution in [0.1, 0.15) is 17.3 Å². The lowest BCUT2D eigenvalue weighted by atomic mass is 10.2. The van der Waals surface area contributed by atoms with Gasteiger partial charge in [-0.2, -0.15) is 0 Å². The Labute approximate surface area is 105 Å². The van der Waals surface area contributed by atoms with Gasteiger partial charge >= 0.3 is 12.0 Å². The molecule has 0 saturated heterocycles. The predicted molar refractivity (Wildman–Crippen MR) is 67.7 cm³/mol. The Morgan fingerprint density at radius 3 is 2.83 bits per heavy atom. The molecule has 96 valence electrons. The van der Waals surface area contributed by atoms with Gasteiger partial charge in [0.15, 0.2) is 0 Å². The zero-order valence-electron chi connectivity index (χ0n) is 10.1. The third kappa shape index (κ3) is 3.58. The van der Waals surface area contributed by atoms with Crippen LogP contribution < -0.4 is 5.32 Å². The highest BCUT2D eigenvalue weighted by Crippen LogP contribution is 2.09. The van der Waals surface area contributed by atoms with Gasteiger partial charge in [-0.15, -0.1) is 6.58 Å². The van der Waals surface area contributed by atoms with Crippen LogP contribution in [0.3, 0.4) is 0 Å². The first-order valence-corrected chi connectivity index (χ1v) is 5.43. The lowest BCUT2D eigenvalue weighted by Crippen LogP contribution is -2.34. The molecular formula is C12H15N3O3. The number of hydrogen-bond donors (Lipinski definition) is 2. The van der Waals surface area contributed by atoms with E-state index in [1.807, 2.05) is 6.92 Å². The van der Waals surface area contributed by atoms with Crippen molar-refractivity contribution in [1.29, 1.82) is 0 Å². The lowest BCUT2D eigenvalue weighted by Gasteiger charge is -2.19. The fraction of sp³-hybridized carbons (Fsp3) is 0.250. The van der Waals surface area contributed by atoms with Crippen molar-refractivity contribution in [3.8, 4) is 0 Å². The van der Waals surface area contributed by atoms with E-state index in [9.17, 15) is 9.59 Å². The van der Waals surface area contributed by atoms with Gasteiger partial charge in [-0.05, 0) is 13.0 Å². The van der Waals surface area contributed by atoms with Crippen molar-refractivity contribution < 1.29 is 14.7 Å². The number of carboxylic acid groups (broad SMARTS) is 1. The number of aromatic carboxylic acids is 1. The molecule has 2 amide bonds. The van der Waals surface area contributed by atoms with Gasteiger partial charge < -0.3 is 15.3 Å². The van der Waals surface area contributed by atoms with Crippen LogP contribution in [0.15, 0.2) is 31.1 Å². The van der Waals surface area contributed by atoms with Crippen molar-refractivity contribution >= 4 is 17.7 Å². The molecule has 18 heavy (non-hydrogen) atoms. The van der Waals surface area contributed by atoms with Crippen LogP contribution in [0.4, 0.5) is 10.5 Å². The molecule has 2 N–H and O–H groups in total. The molecule has 1 aromatic rings. The molecule has 1 rings (SSSR count). The molecule has 6 heteroatoms. The number of nitrogens with zero attached hydrogens (tertiary/aromatic N) is 2. The molecule has 0 aliphatic rings. The minimum absolute atomic E-state index is 0.0274. The van der Waals surface area contributed by atoms with Gasteiger partial charge in [0.2, 0.25) is 0 Å². The highest BCUT2D eigenvalue weighted by molar-refractivity contribution is 5.92. The summed E-state index contributed by atoms with van der Waals surface area (Å²) in [6.07, 6.45) is 4.24. The first-order valence-electron chi connectivity index (χ1n) is 5.43. The summed E-state index contributed by atoms with van der Waals surface area (Å²) in [4.78, 5) is 27.8. The van der Waals surface area contributed by atoms with Crippen LogP contribution in [-0.4, -0.2) is 40.1 Å². The van der Waals surface area contributed by atoms with E-state index in [4.69, 9.17) is 5.11 Å². The first kappa shape index (κ1) is 13.7. The molecule has 0 bridgehead atoms. The number of hydrogen-bond acceptors (Lipinski definition) is 3. The third-order valence-electron chi connectivity index (χ3n) is 2.25. The first-order chi connectivity index (χ1) is 8.58. The van der Waals surface area contributed by atoms with Gasteiger partial charge in [-0.1, -0.05) is 6.08 Å². The van der Waals surface area contributed by atoms with E-state index in [0.717, 1.165) is 0 Å². The van der Waals surface area contributed by atoms with Crippen molar-refractivity contribution in [3.05, 3.63) is 36.7 Å². The number of aromatic nitrogens is 1. The second-order valence-corrected chi connectivity index (χ2v) is 3.52. The maximum Gasteiger partial charge on any atom is 0.337 e. The Hall–Kier alpha value is -2.37. The van der Waals surface area contributed by atoms with E-state index in [-0.39, 0.29) is 11.6 Å². The average Bonchev–Trinajstić information content (AvgIpc) is 2.36. The minimum atomic E-state index is -1.09. The number of urea groups is 1. The molecule has 6 nitrogen and oxygen atoms in total. The fourth-order valence-corrected chi connectivity index (χ4v) is 1.34. The van der Waals surface area contributed by atoms with Crippen molar-refractivity contribution in [1.82, 2.24) is 9.88 Å². The van der Waals surface area contributed by atoms with Crippen LogP contribution in [0.25, 0.3) is 0 Å². The summed E-state index contributed by atoms with van der Waals surface area (Å²) in [6, 6.07) is 1.04. The van der Waals surface area contributed by atoms with Crippen LogP contribution in [0.5, 0.6) is 0 Å². The summed E-state index contributed by atoms with van der Waals surface area (Å²) < 4.78 is 0. The van der Waals surface area contributed by atoms with E-state index < -0.39 is 5.97 Å². The van der Waals surface area contributed by atoms with Gasteiger partial charge in [0.25, 0.3) is 0 Å². The summed E-state index contributed by atoms with van der Waals surface area (Å²) in [7, 11) is 0. The number of anilines is 1. The standard InChI is InChI=1S/C12H15N3O3/c1-3-5-15(4-2)12(18)14-10-6-9(11(16)17)7-13-8-10/h3,6-8H,1,4-5H2,2H3,(H,14,18)(H,16,17). The van der Waals surface area contributed by atoms with E-state index >= 15 is 0 Å². The van der Waals surface area contributed by atoms with Crippen LogP contribution in [0.2, 0.25) is 0 Å². The largest absolute Gasteiger partial charge is 0.478 e. The van der Waals surface area contributed by atoms with Crippen molar-refractivity contribution in [2.75, 3.05) is 18.4 Å². The number of amides is 2. The maximum atomic E-state index is 11.8. The summed E-state index contributed by atoms with van der Waals surface area (Å²) in [5.74, 6) is -1.09. The van der Waals surface area contributed by atoms with E-state index in [2.05, 4.69) is 16.9 Å². The summed E-state index contributed by atoms with van der Waals surface area (Å²) in [6.45, 7) is 6.36. The minimum Gasteiger partial charge on any atom is -0.478 e. The normalized spacial score (nSPS) is 9.61. The third-order valence-corrected chi connectivity index (χ3v) is 2.25. The Morgan fingerprint density at radius 1 is 1.56 bits per heavy atom. The van der Waals surface area contributed by atoms with E-state index in [0.29, 0.717) is 18.8 Å². The van der Waals surface area contributed by atoms with Crippen molar-refractivity contribution in [2.24, 2.45) is 0 Å². The summed E-state index contributed by atoms with van der Waals surface area (Å²) >= 11 is 0. The van der Waals surface area contributed by atoms with Gasteiger partial charge in [-0.25, -0.2) is 9.59 Å². The SMILES string of the molecule is C=CCN(CC)C(=O)Nc1cncc(C(=O)O)c1. The molecule has 0 unspecified atom stereocenters. The highest BCUT2D eigenvalue weighted by atomic mass is 16.4. The molecule has 0 aliphatic heterocycles. The molecule has 1 heterocycles. The Bertz CT molecular complexity index is 460. The van der Waals surface area contributed by atoms with Crippen LogP contribution >= 0.6 is 0 Å². The zero-order valence-corrected chi connectivity index (χ0v) is 10.1. The molecule has 0 aromatic carbocycles. The van der Waals surface area contributed by atoms with Crippen LogP contribution in [-0.2, 0) is 0 Å². The molecular weight excluding hydrogens is 234 g/mol. The number of carbonyl (C=O) groups is 2. The second-order valence-electron chi connectivity index (χ2n) is 3.52. The number of rotatable bonds is 5. The van der Waals surface area contributed by atoms with E-state index in [1.165, 1.54) is 23.4 Å². The molecule has 0 spiro atoms. The van der Waals surface area contributed by atoms with Gasteiger partial charge in [0.05, 0.1) is 17.4 Å². The van der Waals surface area contributed by atoms with Gasteiger partial charge in [0, 0.05) is 19.3 Å². The topological polar surface area (TPSA) is 82.5 Å². The molecule has 0 radical (unpaired) electrons. The van der Waals surface area contributed by atoms with E-state index in [1.54, 1.807) is 6.08 Å². The van der Waals surface area contributed by atoms with Crippen LogP contribution in [0, 0.1) is 0 Å². The summed E-state index contributed by atoms with van der Waals surface area (Å²) in [5.41, 5.74) is 0.377. The number of pyridine rings is 1. The highest BCUT2D eigenvalue weighted by Gasteiger charge is 2.11. The predicted octanol–water partition coefficient (Wildman–Crippen LogP) is 1.82. The second kappa shape index (κ2) is 6.39. The molecule has 1 aromatic heterocycles. The fourth-order valence-electron chi connectivity index (χ4n) is 1.34. The van der Waals surface area contributed by atoms with Crippen molar-refractivity contribution in [3.63, 3.8) is 0 Å². The van der Waals surface area contributed by atoms with Gasteiger partial charge in [0.1, 0.15) is 0 Å². The Balaban J connectivity index is 2.77. The quantitative estimate of drug-likeness (QED) is 0.780. The molecule has 0 aliphatic carbocycles. The monoisotopic (exact) mass is 249 g/mol. The molecule has 0 fully saturated rings. The average molecular weight is 249 g/mol. The molecule has 0 atom stereocenters. The summed E-state index contributed by atoms with van der Waals surface area (Å²) in [5, 5.41) is 11.4. The van der Waals surface area contributed by atoms with Gasteiger partial charge in [-0.3, -0.25) is 4.98 Å². The number of carbonyl (C=O) groups excluding carboxylic acids is 1. The number of carboxylic acids is 1.